The van der Waals surface area contributed by atoms with Crippen molar-refractivity contribution in [2.24, 2.45) is 4.99 Å². The van der Waals surface area contributed by atoms with Crippen LogP contribution < -0.4 is 20.2 Å². The molecular weight excluding hydrogens is 377 g/mol. The number of para-hydroxylation sites is 1. The summed E-state index contributed by atoms with van der Waals surface area (Å²) in [6.45, 7) is 0. The maximum atomic E-state index is 13.7. The molecule has 0 saturated heterocycles. The van der Waals surface area contributed by atoms with E-state index in [0.717, 1.165) is 16.7 Å². The van der Waals surface area contributed by atoms with Crippen LogP contribution in [-0.4, -0.2) is 18.3 Å². The fraction of sp³-hybridized carbons (Fsp3) is 0.0909. The van der Waals surface area contributed by atoms with Crippen LogP contribution in [0.3, 0.4) is 0 Å². The minimum Gasteiger partial charge on any atom is -0.481 e. The molecule has 6 heteroatoms. The standard InChI is InChI=1S/C22H17ClFN3O/c1-28-22-8-4-5-17(25-22)10-12-21-26-19-11-9-16(24)13-15(19)14-27(21)20-7-3-2-6-18(20)23/h2-14,21H,1H3. The molecule has 0 saturated carbocycles. The molecule has 1 aromatic heterocycles. The van der Waals surface area contributed by atoms with Gasteiger partial charge in [0.05, 0.1) is 28.9 Å². The van der Waals surface area contributed by atoms with Crippen LogP contribution in [-0.2, 0) is 0 Å². The van der Waals surface area contributed by atoms with Crippen molar-refractivity contribution < 1.29 is 9.13 Å². The summed E-state index contributed by atoms with van der Waals surface area (Å²) in [5.41, 5.74) is 1.54. The van der Waals surface area contributed by atoms with E-state index in [1.54, 1.807) is 19.2 Å². The molecule has 1 atom stereocenters. The van der Waals surface area contributed by atoms with Gasteiger partial charge < -0.3 is 9.64 Å². The molecule has 28 heavy (non-hydrogen) atoms. The molecule has 3 aromatic rings. The molecule has 0 spiro atoms. The molecule has 1 aliphatic heterocycles. The molecule has 0 fully saturated rings. The number of hydrogen-bond acceptors (Lipinski definition) is 4. The average molecular weight is 394 g/mol. The summed E-state index contributed by atoms with van der Waals surface area (Å²) in [5.74, 6) is 0.233. The van der Waals surface area contributed by atoms with Crippen LogP contribution in [0.1, 0.15) is 5.69 Å². The topological polar surface area (TPSA) is 37.7 Å². The second-order valence-corrected chi connectivity index (χ2v) is 6.60. The molecule has 2 heterocycles. The first-order valence-electron chi connectivity index (χ1n) is 8.71. The molecule has 1 unspecified atom stereocenters. The summed E-state index contributed by atoms with van der Waals surface area (Å²) in [6, 6.07) is 17.6. The molecule has 2 aromatic carbocycles. The van der Waals surface area contributed by atoms with E-state index >= 15 is 0 Å². The van der Waals surface area contributed by atoms with Gasteiger partial charge in [-0.05, 0) is 48.6 Å². The van der Waals surface area contributed by atoms with Gasteiger partial charge in [-0.15, -0.1) is 0 Å². The number of benzene rings is 2. The summed E-state index contributed by atoms with van der Waals surface area (Å²) in [5, 5.41) is 2.01. The molecule has 0 bridgehead atoms. The van der Waals surface area contributed by atoms with Crippen molar-refractivity contribution in [2.75, 3.05) is 12.0 Å². The zero-order chi connectivity index (χ0) is 19.5. The smallest absolute Gasteiger partial charge is 0.213 e. The lowest BCUT2D eigenvalue weighted by molar-refractivity contribution is 0.397. The number of halogens is 2. The van der Waals surface area contributed by atoms with Gasteiger partial charge in [0, 0.05) is 17.5 Å². The van der Waals surface area contributed by atoms with E-state index in [0.29, 0.717) is 16.1 Å². The Hall–Kier alpha value is -3.18. The minimum atomic E-state index is -0.356. The maximum absolute atomic E-state index is 13.7. The molecule has 0 radical (unpaired) electrons. The maximum Gasteiger partial charge on any atom is 0.213 e. The summed E-state index contributed by atoms with van der Waals surface area (Å²) in [6.07, 6.45) is 5.31. The van der Waals surface area contributed by atoms with Gasteiger partial charge in [-0.3, -0.25) is 4.99 Å². The third kappa shape index (κ3) is 3.75. The zero-order valence-corrected chi connectivity index (χ0v) is 15.8. The zero-order valence-electron chi connectivity index (χ0n) is 15.1. The van der Waals surface area contributed by atoms with Crippen LogP contribution >= 0.6 is 11.6 Å². The summed E-state index contributed by atoms with van der Waals surface area (Å²) in [4.78, 5) is 11.1. The van der Waals surface area contributed by atoms with Gasteiger partial charge in [0.2, 0.25) is 5.88 Å². The number of hydrogen-bond donors (Lipinski definition) is 0. The molecule has 0 N–H and O–H groups in total. The third-order valence-electron chi connectivity index (χ3n) is 4.35. The van der Waals surface area contributed by atoms with Crippen molar-refractivity contribution in [3.8, 4) is 5.88 Å². The Morgan fingerprint density at radius 2 is 1.96 bits per heavy atom. The average Bonchev–Trinajstić information content (AvgIpc) is 2.72. The molecule has 4 rings (SSSR count). The fourth-order valence-corrected chi connectivity index (χ4v) is 3.24. The number of anilines is 1. The van der Waals surface area contributed by atoms with E-state index in [-0.39, 0.29) is 12.0 Å². The Bertz CT molecular complexity index is 1160. The van der Waals surface area contributed by atoms with Crippen LogP contribution in [0, 0.1) is 5.82 Å². The van der Waals surface area contributed by atoms with E-state index in [1.165, 1.54) is 12.1 Å². The predicted molar refractivity (Wildman–Crippen MR) is 109 cm³/mol. The van der Waals surface area contributed by atoms with E-state index < -0.39 is 0 Å². The molecule has 1 aliphatic rings. The van der Waals surface area contributed by atoms with E-state index in [2.05, 4.69) is 4.98 Å². The number of ether oxygens (including phenoxy) is 1. The highest BCUT2D eigenvalue weighted by Crippen LogP contribution is 2.28. The minimum absolute atomic E-state index is 0.307. The van der Waals surface area contributed by atoms with Crippen molar-refractivity contribution in [1.29, 1.82) is 0 Å². The first-order valence-corrected chi connectivity index (χ1v) is 9.09. The highest BCUT2D eigenvalue weighted by atomic mass is 35.5. The van der Waals surface area contributed by atoms with Gasteiger partial charge in [0.25, 0.3) is 0 Å². The van der Waals surface area contributed by atoms with E-state index in [1.807, 2.05) is 59.7 Å². The van der Waals surface area contributed by atoms with Gasteiger partial charge in [-0.2, -0.15) is 0 Å². The Kier molecular flexibility index (Phi) is 5.08. The molecule has 4 nitrogen and oxygen atoms in total. The lowest BCUT2D eigenvalue weighted by atomic mass is 10.2. The summed E-state index contributed by atoms with van der Waals surface area (Å²) in [7, 11) is 1.58. The van der Waals surface area contributed by atoms with E-state index in [4.69, 9.17) is 21.3 Å². The Morgan fingerprint density at radius 3 is 2.79 bits per heavy atom. The predicted octanol–water partition coefficient (Wildman–Crippen LogP) is 3.80. The number of methoxy groups -OCH3 is 1. The van der Waals surface area contributed by atoms with Crippen LogP contribution in [0.2, 0.25) is 5.02 Å². The van der Waals surface area contributed by atoms with Gasteiger partial charge in [-0.1, -0.05) is 29.8 Å². The molecule has 0 amide bonds. The van der Waals surface area contributed by atoms with Crippen LogP contribution in [0.25, 0.3) is 12.3 Å². The van der Waals surface area contributed by atoms with Crippen LogP contribution in [0.5, 0.6) is 5.88 Å². The molecule has 0 aliphatic carbocycles. The highest BCUT2D eigenvalue weighted by molar-refractivity contribution is 6.33. The Balaban J connectivity index is 1.79. The Morgan fingerprint density at radius 1 is 1.11 bits per heavy atom. The lowest BCUT2D eigenvalue weighted by Gasteiger charge is -2.28. The van der Waals surface area contributed by atoms with Crippen molar-refractivity contribution in [1.82, 2.24) is 4.98 Å². The second-order valence-electron chi connectivity index (χ2n) is 6.20. The van der Waals surface area contributed by atoms with Gasteiger partial charge in [0.15, 0.2) is 0 Å². The van der Waals surface area contributed by atoms with Crippen molar-refractivity contribution in [3.05, 3.63) is 93.8 Å². The number of nitrogens with zero attached hydrogens (tertiary/aromatic N) is 3. The number of aromatic nitrogens is 1. The van der Waals surface area contributed by atoms with E-state index in [9.17, 15) is 4.39 Å². The van der Waals surface area contributed by atoms with Crippen molar-refractivity contribution in [2.45, 2.75) is 6.17 Å². The number of pyridine rings is 1. The van der Waals surface area contributed by atoms with Crippen molar-refractivity contribution >= 4 is 29.6 Å². The van der Waals surface area contributed by atoms with Crippen molar-refractivity contribution in [3.63, 3.8) is 0 Å². The third-order valence-corrected chi connectivity index (χ3v) is 4.67. The largest absolute Gasteiger partial charge is 0.481 e. The van der Waals surface area contributed by atoms with Gasteiger partial charge in [0.1, 0.15) is 12.0 Å². The first kappa shape index (κ1) is 18.2. The SMILES string of the molecule is COc1cccc(C=CC2N=c3ccc(F)cc3=CN2c2ccccc2Cl)n1. The van der Waals surface area contributed by atoms with Crippen LogP contribution in [0.15, 0.2) is 71.7 Å². The monoisotopic (exact) mass is 393 g/mol. The lowest BCUT2D eigenvalue weighted by Crippen LogP contribution is -2.41. The summed E-state index contributed by atoms with van der Waals surface area (Å²) < 4.78 is 18.9. The normalized spacial score (nSPS) is 15.7. The summed E-state index contributed by atoms with van der Waals surface area (Å²) >= 11 is 6.41. The first-order chi connectivity index (χ1) is 13.6. The Labute approximate surface area is 166 Å². The van der Waals surface area contributed by atoms with Gasteiger partial charge >= 0.3 is 0 Å². The highest BCUT2D eigenvalue weighted by Gasteiger charge is 2.19. The van der Waals surface area contributed by atoms with Gasteiger partial charge in [-0.25, -0.2) is 9.37 Å². The molecular formula is C22H17ClFN3O. The second kappa shape index (κ2) is 7.82. The molecule has 140 valence electrons. The fourth-order valence-electron chi connectivity index (χ4n) is 3.01. The number of rotatable bonds is 4. The quantitative estimate of drug-likeness (QED) is 0.676. The van der Waals surface area contributed by atoms with Crippen LogP contribution in [0.4, 0.5) is 10.1 Å². The number of fused-ring (bicyclic) bond motifs is 1.